The molecule has 10 heteroatoms. The van der Waals surface area contributed by atoms with Crippen molar-refractivity contribution in [2.45, 2.75) is 13.3 Å². The SMILES string of the molecule is C=CC(=O)N1CC2(CCN(c3nc(N4CCOCC4)nc(-c4c(C)ccc5[nH]ncc45)c3C#N)C2)C1. The Labute approximate surface area is 209 Å². The van der Waals surface area contributed by atoms with Crippen molar-refractivity contribution in [1.29, 1.82) is 5.26 Å². The molecule has 0 saturated carbocycles. The molecule has 36 heavy (non-hydrogen) atoms. The van der Waals surface area contributed by atoms with E-state index in [-0.39, 0.29) is 11.3 Å². The summed E-state index contributed by atoms with van der Waals surface area (Å²) < 4.78 is 5.55. The van der Waals surface area contributed by atoms with Gasteiger partial charge in [-0.2, -0.15) is 15.3 Å². The van der Waals surface area contributed by atoms with Gasteiger partial charge in [0.2, 0.25) is 11.9 Å². The van der Waals surface area contributed by atoms with Gasteiger partial charge in [-0.25, -0.2) is 4.98 Å². The second-order valence-electron chi connectivity index (χ2n) is 9.94. The van der Waals surface area contributed by atoms with Crippen molar-refractivity contribution >= 4 is 28.6 Å². The fourth-order valence-corrected chi connectivity index (χ4v) is 5.72. The van der Waals surface area contributed by atoms with Gasteiger partial charge in [0.05, 0.1) is 30.6 Å². The number of nitrogens with zero attached hydrogens (tertiary/aromatic N) is 7. The van der Waals surface area contributed by atoms with Gasteiger partial charge in [0.1, 0.15) is 11.6 Å². The number of fused-ring (bicyclic) bond motifs is 1. The highest BCUT2D eigenvalue weighted by Gasteiger charge is 2.49. The number of anilines is 2. The molecule has 2 aromatic heterocycles. The van der Waals surface area contributed by atoms with Crippen LogP contribution in [0.2, 0.25) is 0 Å². The van der Waals surface area contributed by atoms with Gasteiger partial charge in [-0.1, -0.05) is 12.6 Å². The van der Waals surface area contributed by atoms with Crippen LogP contribution in [0, 0.1) is 23.7 Å². The molecule has 184 valence electrons. The van der Waals surface area contributed by atoms with Gasteiger partial charge >= 0.3 is 0 Å². The third-order valence-corrected chi connectivity index (χ3v) is 7.63. The van der Waals surface area contributed by atoms with Crippen molar-refractivity contribution < 1.29 is 9.53 Å². The number of carbonyl (C=O) groups excluding carboxylic acids is 1. The molecule has 0 aliphatic carbocycles. The first kappa shape index (κ1) is 22.5. The molecule has 3 fully saturated rings. The number of amides is 1. The zero-order valence-electron chi connectivity index (χ0n) is 20.3. The standard InChI is InChI=1S/C26H28N8O2/c1-3-21(35)34-15-26(16-34)6-7-33(14-26)24-18(12-27)23(29-25(30-24)32-8-10-36-11-9-32)22-17(2)4-5-20-19(22)13-28-31-20/h3-5,13H,1,6-11,14-16H2,2H3,(H,28,31). The molecular formula is C26H28N8O2. The maximum absolute atomic E-state index is 12.0. The first-order valence-electron chi connectivity index (χ1n) is 12.3. The van der Waals surface area contributed by atoms with Crippen LogP contribution in [-0.2, 0) is 9.53 Å². The summed E-state index contributed by atoms with van der Waals surface area (Å²) >= 11 is 0. The Morgan fingerprint density at radius 2 is 2.00 bits per heavy atom. The van der Waals surface area contributed by atoms with E-state index in [0.29, 0.717) is 62.4 Å². The number of morpholine rings is 1. The molecule has 3 aliphatic heterocycles. The van der Waals surface area contributed by atoms with Crippen LogP contribution < -0.4 is 9.80 Å². The van der Waals surface area contributed by atoms with E-state index in [2.05, 4.69) is 32.6 Å². The first-order chi connectivity index (χ1) is 17.5. The molecule has 1 spiro atoms. The summed E-state index contributed by atoms with van der Waals surface area (Å²) in [6, 6.07) is 6.46. The maximum atomic E-state index is 12.0. The smallest absolute Gasteiger partial charge is 0.245 e. The van der Waals surface area contributed by atoms with Crippen molar-refractivity contribution in [1.82, 2.24) is 25.1 Å². The average Bonchev–Trinajstić information content (AvgIpc) is 3.55. The Hall–Kier alpha value is -3.97. The highest BCUT2D eigenvalue weighted by molar-refractivity contribution is 5.97. The molecule has 5 heterocycles. The van der Waals surface area contributed by atoms with Crippen molar-refractivity contribution in [2.24, 2.45) is 5.41 Å². The van der Waals surface area contributed by atoms with Gasteiger partial charge in [0.15, 0.2) is 5.82 Å². The van der Waals surface area contributed by atoms with Crippen LogP contribution in [0.3, 0.4) is 0 Å². The Morgan fingerprint density at radius 3 is 2.75 bits per heavy atom. The largest absolute Gasteiger partial charge is 0.378 e. The molecule has 0 atom stereocenters. The van der Waals surface area contributed by atoms with Crippen LogP contribution in [0.4, 0.5) is 11.8 Å². The lowest BCUT2D eigenvalue weighted by Gasteiger charge is -2.47. The van der Waals surface area contributed by atoms with E-state index in [4.69, 9.17) is 14.7 Å². The number of nitriles is 1. The number of nitrogens with one attached hydrogen (secondary N) is 1. The Morgan fingerprint density at radius 1 is 1.19 bits per heavy atom. The molecule has 1 amide bonds. The lowest BCUT2D eigenvalue weighted by Crippen LogP contribution is -2.59. The van der Waals surface area contributed by atoms with Crippen molar-refractivity contribution in [2.75, 3.05) is 62.3 Å². The Kier molecular flexibility index (Phi) is 5.38. The molecule has 1 N–H and O–H groups in total. The van der Waals surface area contributed by atoms with Gasteiger partial charge in [-0.05, 0) is 31.1 Å². The van der Waals surface area contributed by atoms with Crippen molar-refractivity contribution in [3.63, 3.8) is 0 Å². The van der Waals surface area contributed by atoms with Gasteiger partial charge in [-0.3, -0.25) is 9.89 Å². The van der Waals surface area contributed by atoms with Crippen LogP contribution in [0.5, 0.6) is 0 Å². The number of hydrogen-bond donors (Lipinski definition) is 1. The Bertz CT molecular complexity index is 1390. The normalized spacial score (nSPS) is 18.9. The highest BCUT2D eigenvalue weighted by Crippen LogP contribution is 2.43. The number of likely N-dealkylation sites (tertiary alicyclic amines) is 1. The number of aryl methyl sites for hydroxylation is 1. The predicted octanol–water partition coefficient (Wildman–Crippen LogP) is 2.26. The molecule has 6 rings (SSSR count). The number of aromatic nitrogens is 4. The molecule has 0 radical (unpaired) electrons. The molecular weight excluding hydrogens is 456 g/mol. The van der Waals surface area contributed by atoms with Crippen LogP contribution in [0.25, 0.3) is 22.2 Å². The van der Waals surface area contributed by atoms with Crippen molar-refractivity contribution in [3.05, 3.63) is 42.1 Å². The number of H-pyrrole nitrogens is 1. The number of rotatable bonds is 4. The minimum Gasteiger partial charge on any atom is -0.378 e. The number of benzene rings is 1. The van der Waals surface area contributed by atoms with Crippen LogP contribution in [-0.4, -0.2) is 83.5 Å². The second kappa shape index (κ2) is 8.60. The van der Waals surface area contributed by atoms with Gasteiger partial charge in [0, 0.05) is 55.6 Å². The molecule has 1 aromatic carbocycles. The summed E-state index contributed by atoms with van der Waals surface area (Å²) in [6.45, 7) is 11.2. The molecule has 3 saturated heterocycles. The quantitative estimate of drug-likeness (QED) is 0.561. The lowest BCUT2D eigenvalue weighted by molar-refractivity contribution is -0.136. The lowest BCUT2D eigenvalue weighted by atomic mass is 9.79. The number of carbonyl (C=O) groups is 1. The fraction of sp³-hybridized carbons (Fsp3) is 0.423. The summed E-state index contributed by atoms with van der Waals surface area (Å²) in [5.41, 5.74) is 3.94. The zero-order chi connectivity index (χ0) is 24.9. The van der Waals surface area contributed by atoms with Crippen LogP contribution in [0.15, 0.2) is 31.0 Å². The summed E-state index contributed by atoms with van der Waals surface area (Å²) in [6.07, 6.45) is 4.11. The first-order valence-corrected chi connectivity index (χ1v) is 12.3. The zero-order valence-corrected chi connectivity index (χ0v) is 20.3. The number of ether oxygens (including phenoxy) is 1. The van der Waals surface area contributed by atoms with Gasteiger partial charge < -0.3 is 19.4 Å². The van der Waals surface area contributed by atoms with Gasteiger partial charge in [0.25, 0.3) is 0 Å². The third-order valence-electron chi connectivity index (χ3n) is 7.63. The second-order valence-corrected chi connectivity index (χ2v) is 9.94. The third kappa shape index (κ3) is 3.58. The summed E-state index contributed by atoms with van der Waals surface area (Å²) in [5, 5.41) is 18.6. The van der Waals surface area contributed by atoms with Gasteiger partial charge in [-0.15, -0.1) is 0 Å². The van der Waals surface area contributed by atoms with Crippen LogP contribution in [0.1, 0.15) is 17.5 Å². The van der Waals surface area contributed by atoms with E-state index < -0.39 is 0 Å². The summed E-state index contributed by atoms with van der Waals surface area (Å²) in [4.78, 5) is 28.1. The molecule has 0 bridgehead atoms. The van der Waals surface area contributed by atoms with E-state index in [1.54, 1.807) is 6.20 Å². The summed E-state index contributed by atoms with van der Waals surface area (Å²) in [7, 11) is 0. The summed E-state index contributed by atoms with van der Waals surface area (Å²) in [5.74, 6) is 1.24. The molecule has 0 unspecified atom stereocenters. The maximum Gasteiger partial charge on any atom is 0.245 e. The Balaban J connectivity index is 1.45. The molecule has 10 nitrogen and oxygen atoms in total. The fourth-order valence-electron chi connectivity index (χ4n) is 5.72. The average molecular weight is 485 g/mol. The van der Waals surface area contributed by atoms with E-state index >= 15 is 0 Å². The minimum atomic E-state index is -0.0283. The predicted molar refractivity (Wildman–Crippen MR) is 136 cm³/mol. The van der Waals surface area contributed by atoms with E-state index in [1.807, 2.05) is 24.0 Å². The minimum absolute atomic E-state index is 0.0239. The van der Waals surface area contributed by atoms with E-state index in [1.165, 1.54) is 6.08 Å². The van der Waals surface area contributed by atoms with E-state index in [9.17, 15) is 10.1 Å². The monoisotopic (exact) mass is 484 g/mol. The molecule has 3 aromatic rings. The number of hydrogen-bond acceptors (Lipinski definition) is 8. The topological polar surface area (TPSA) is 114 Å². The number of aromatic amines is 1. The highest BCUT2D eigenvalue weighted by atomic mass is 16.5. The molecule has 3 aliphatic rings. The van der Waals surface area contributed by atoms with Crippen molar-refractivity contribution in [3.8, 4) is 17.3 Å². The van der Waals surface area contributed by atoms with E-state index in [0.717, 1.165) is 41.5 Å². The van der Waals surface area contributed by atoms with Crippen LogP contribution >= 0.6 is 0 Å².